The van der Waals surface area contributed by atoms with E-state index in [2.05, 4.69) is 5.32 Å². The van der Waals surface area contributed by atoms with Crippen LogP contribution in [-0.4, -0.2) is 41.1 Å². The highest BCUT2D eigenvalue weighted by Crippen LogP contribution is 2.44. The number of amides is 1. The van der Waals surface area contributed by atoms with Crippen LogP contribution in [0.15, 0.2) is 47.4 Å². The van der Waals surface area contributed by atoms with Crippen LogP contribution < -0.4 is 19.1 Å². The maximum atomic E-state index is 13.6. The minimum absolute atomic E-state index is 0.0310. The molecule has 2 aliphatic carbocycles. The minimum Gasteiger partial charge on any atom is -0.493 e. The fourth-order valence-corrected chi connectivity index (χ4v) is 6.37. The quantitative estimate of drug-likeness (QED) is 0.654. The maximum Gasteiger partial charge on any atom is 0.264 e. The predicted molar refractivity (Wildman–Crippen MR) is 123 cm³/mol. The Morgan fingerprint density at radius 1 is 1.03 bits per heavy atom. The molecule has 0 unspecified atom stereocenters. The van der Waals surface area contributed by atoms with Crippen LogP contribution >= 0.6 is 0 Å². The first-order chi connectivity index (χ1) is 15.3. The van der Waals surface area contributed by atoms with Gasteiger partial charge in [-0.1, -0.05) is 24.1 Å². The standard InChI is InChI=1S/C24H30N2O5S/c1-16-4-8-19(9-5-16)26(15-24(27)25-21-13-17-6-7-18(21)12-17)32(28,29)20-10-11-22(30-2)23(14-20)31-3/h4-5,8-11,14,17-18,21H,6-7,12-13,15H2,1-3H3,(H,25,27)/t17-,18+,21+/m0/s1. The van der Waals surface area contributed by atoms with Crippen molar-refractivity contribution in [3.8, 4) is 11.5 Å². The van der Waals surface area contributed by atoms with Gasteiger partial charge in [-0.3, -0.25) is 9.10 Å². The van der Waals surface area contributed by atoms with Gasteiger partial charge in [0.05, 0.1) is 24.8 Å². The lowest BCUT2D eigenvalue weighted by Crippen LogP contribution is -2.46. The van der Waals surface area contributed by atoms with Crippen molar-refractivity contribution in [2.75, 3.05) is 25.1 Å². The number of aryl methyl sites for hydroxylation is 1. The molecule has 2 aliphatic rings. The number of hydrogen-bond donors (Lipinski definition) is 1. The molecule has 32 heavy (non-hydrogen) atoms. The third-order valence-electron chi connectivity index (χ3n) is 6.64. The van der Waals surface area contributed by atoms with Crippen LogP contribution in [0, 0.1) is 18.8 Å². The molecule has 2 saturated carbocycles. The van der Waals surface area contributed by atoms with Gasteiger partial charge < -0.3 is 14.8 Å². The Morgan fingerprint density at radius 3 is 2.34 bits per heavy atom. The lowest BCUT2D eigenvalue weighted by molar-refractivity contribution is -0.120. The van der Waals surface area contributed by atoms with Crippen molar-refractivity contribution in [2.45, 2.75) is 43.5 Å². The number of carbonyl (C=O) groups excluding carboxylic acids is 1. The third-order valence-corrected chi connectivity index (χ3v) is 8.41. The van der Waals surface area contributed by atoms with Crippen LogP contribution in [0.5, 0.6) is 11.5 Å². The van der Waals surface area contributed by atoms with Gasteiger partial charge in [0.1, 0.15) is 6.54 Å². The third kappa shape index (κ3) is 4.41. The zero-order valence-electron chi connectivity index (χ0n) is 18.7. The number of anilines is 1. The Kier molecular flexibility index (Phi) is 6.33. The molecule has 1 amide bonds. The van der Waals surface area contributed by atoms with Gasteiger partial charge in [-0.15, -0.1) is 0 Å². The average Bonchev–Trinajstić information content (AvgIpc) is 3.41. The first kappa shape index (κ1) is 22.5. The van der Waals surface area contributed by atoms with Crippen LogP contribution in [0.2, 0.25) is 0 Å². The van der Waals surface area contributed by atoms with Crippen LogP contribution in [-0.2, 0) is 14.8 Å². The molecule has 2 aromatic rings. The lowest BCUT2D eigenvalue weighted by atomic mass is 9.95. The normalized spacial score (nSPS) is 21.9. The molecule has 0 aliphatic heterocycles. The van der Waals surface area contributed by atoms with Crippen molar-refractivity contribution in [3.63, 3.8) is 0 Å². The number of benzene rings is 2. The van der Waals surface area contributed by atoms with E-state index >= 15 is 0 Å². The number of nitrogens with one attached hydrogen (secondary N) is 1. The van der Waals surface area contributed by atoms with Crippen molar-refractivity contribution in [1.29, 1.82) is 0 Å². The van der Waals surface area contributed by atoms with E-state index in [0.29, 0.717) is 29.0 Å². The van der Waals surface area contributed by atoms with E-state index in [1.54, 1.807) is 18.2 Å². The summed E-state index contributed by atoms with van der Waals surface area (Å²) in [5.74, 6) is 1.66. The van der Waals surface area contributed by atoms with Crippen molar-refractivity contribution >= 4 is 21.6 Å². The van der Waals surface area contributed by atoms with Crippen molar-refractivity contribution in [1.82, 2.24) is 5.32 Å². The summed E-state index contributed by atoms with van der Waals surface area (Å²) < 4.78 is 38.9. The summed E-state index contributed by atoms with van der Waals surface area (Å²) >= 11 is 0. The molecule has 4 rings (SSSR count). The van der Waals surface area contributed by atoms with Crippen molar-refractivity contribution in [2.24, 2.45) is 11.8 Å². The number of ether oxygens (including phenoxy) is 2. The van der Waals surface area contributed by atoms with Gasteiger partial charge >= 0.3 is 0 Å². The SMILES string of the molecule is COc1ccc(S(=O)(=O)N(CC(=O)N[C@@H]2C[C@H]3CC[C@@H]2C3)c2ccc(C)cc2)cc1OC. The van der Waals surface area contributed by atoms with E-state index in [0.717, 1.165) is 29.1 Å². The molecule has 0 spiro atoms. The summed E-state index contributed by atoms with van der Waals surface area (Å²) in [6.45, 7) is 1.65. The van der Waals surface area contributed by atoms with Crippen molar-refractivity contribution in [3.05, 3.63) is 48.0 Å². The van der Waals surface area contributed by atoms with E-state index in [4.69, 9.17) is 9.47 Å². The summed E-state index contributed by atoms with van der Waals surface area (Å²) in [6, 6.07) is 11.7. The summed E-state index contributed by atoms with van der Waals surface area (Å²) in [4.78, 5) is 13.0. The van der Waals surface area contributed by atoms with E-state index in [1.165, 1.54) is 32.8 Å². The molecular formula is C24H30N2O5S. The zero-order valence-corrected chi connectivity index (χ0v) is 19.5. The Morgan fingerprint density at radius 2 is 1.75 bits per heavy atom. The number of sulfonamides is 1. The number of methoxy groups -OCH3 is 2. The van der Waals surface area contributed by atoms with Crippen molar-refractivity contribution < 1.29 is 22.7 Å². The van der Waals surface area contributed by atoms with E-state index in [1.807, 2.05) is 19.1 Å². The van der Waals surface area contributed by atoms with Gasteiger partial charge in [0, 0.05) is 12.1 Å². The number of nitrogens with zero attached hydrogens (tertiary/aromatic N) is 1. The molecular weight excluding hydrogens is 428 g/mol. The Labute approximate surface area is 189 Å². The van der Waals surface area contributed by atoms with E-state index < -0.39 is 10.0 Å². The molecule has 0 heterocycles. The van der Waals surface area contributed by atoms with Crippen LogP contribution in [0.3, 0.4) is 0 Å². The summed E-state index contributed by atoms with van der Waals surface area (Å²) in [7, 11) is -1.08. The van der Waals surface area contributed by atoms with Gasteiger partial charge in [-0.25, -0.2) is 8.42 Å². The van der Waals surface area contributed by atoms with Gasteiger partial charge in [0.2, 0.25) is 5.91 Å². The van der Waals surface area contributed by atoms with Crippen LogP contribution in [0.1, 0.15) is 31.2 Å². The number of hydrogen-bond acceptors (Lipinski definition) is 5. The highest BCUT2D eigenvalue weighted by Gasteiger charge is 2.40. The second-order valence-corrected chi connectivity index (χ2v) is 10.6. The first-order valence-corrected chi connectivity index (χ1v) is 12.4. The van der Waals surface area contributed by atoms with E-state index in [-0.39, 0.29) is 23.4 Å². The summed E-state index contributed by atoms with van der Waals surface area (Å²) in [5.41, 5.74) is 1.44. The van der Waals surface area contributed by atoms with Gasteiger partial charge in [-0.05, 0) is 62.3 Å². The average molecular weight is 459 g/mol. The van der Waals surface area contributed by atoms with Gasteiger partial charge in [0.25, 0.3) is 10.0 Å². The van der Waals surface area contributed by atoms with Crippen LogP contribution in [0.4, 0.5) is 5.69 Å². The summed E-state index contributed by atoms with van der Waals surface area (Å²) in [6.07, 6.45) is 4.53. The van der Waals surface area contributed by atoms with Gasteiger partial charge in [-0.2, -0.15) is 0 Å². The molecule has 0 saturated heterocycles. The number of carbonyl (C=O) groups is 1. The fourth-order valence-electron chi connectivity index (χ4n) is 4.93. The smallest absolute Gasteiger partial charge is 0.264 e. The number of rotatable bonds is 8. The van der Waals surface area contributed by atoms with Crippen LogP contribution in [0.25, 0.3) is 0 Å². The molecule has 172 valence electrons. The largest absolute Gasteiger partial charge is 0.493 e. The second kappa shape index (κ2) is 9.02. The molecule has 2 bridgehead atoms. The molecule has 0 radical (unpaired) electrons. The lowest BCUT2D eigenvalue weighted by Gasteiger charge is -2.27. The molecule has 8 heteroatoms. The molecule has 7 nitrogen and oxygen atoms in total. The Balaban J connectivity index is 1.63. The molecule has 2 fully saturated rings. The molecule has 3 atom stereocenters. The monoisotopic (exact) mass is 458 g/mol. The first-order valence-electron chi connectivity index (χ1n) is 10.9. The van der Waals surface area contributed by atoms with E-state index in [9.17, 15) is 13.2 Å². The number of fused-ring (bicyclic) bond motifs is 2. The highest BCUT2D eigenvalue weighted by atomic mass is 32.2. The van der Waals surface area contributed by atoms with Gasteiger partial charge in [0.15, 0.2) is 11.5 Å². The molecule has 1 N–H and O–H groups in total. The zero-order chi connectivity index (χ0) is 22.9. The predicted octanol–water partition coefficient (Wildman–Crippen LogP) is 3.51. The minimum atomic E-state index is -4.03. The molecule has 2 aromatic carbocycles. The molecule has 0 aromatic heterocycles. The Hall–Kier alpha value is -2.74. The summed E-state index contributed by atoms with van der Waals surface area (Å²) in [5, 5.41) is 3.10. The Bertz CT molecular complexity index is 1080. The maximum absolute atomic E-state index is 13.6. The fraction of sp³-hybridized carbons (Fsp3) is 0.458. The topological polar surface area (TPSA) is 84.9 Å². The second-order valence-electron chi connectivity index (χ2n) is 8.71. The highest BCUT2D eigenvalue weighted by molar-refractivity contribution is 7.92.